The highest BCUT2D eigenvalue weighted by Crippen LogP contribution is 2.44. The van der Waals surface area contributed by atoms with E-state index in [1.54, 1.807) is 7.11 Å². The molecular formula is C31H29NO4S. The van der Waals surface area contributed by atoms with Crippen LogP contribution in [-0.4, -0.2) is 22.8 Å². The smallest absolute Gasteiger partial charge is 0.240 e. The minimum absolute atomic E-state index is 0.292. The van der Waals surface area contributed by atoms with Crippen LogP contribution in [0.5, 0.6) is 17.2 Å². The van der Waals surface area contributed by atoms with E-state index in [1.807, 2.05) is 54.6 Å². The number of benzene rings is 4. The third-order valence-corrected chi connectivity index (χ3v) is 8.22. The van der Waals surface area contributed by atoms with Crippen molar-refractivity contribution in [3.8, 4) is 17.2 Å². The maximum absolute atomic E-state index is 13.0. The zero-order valence-electron chi connectivity index (χ0n) is 20.8. The summed E-state index contributed by atoms with van der Waals surface area (Å²) in [6.07, 6.45) is 1.82. The molecule has 0 spiro atoms. The van der Waals surface area contributed by atoms with Gasteiger partial charge in [-0.25, -0.2) is 4.21 Å². The zero-order valence-corrected chi connectivity index (χ0v) is 21.6. The molecule has 2 atom stereocenters. The lowest BCUT2D eigenvalue weighted by atomic mass is 9.83. The van der Waals surface area contributed by atoms with Gasteiger partial charge in [-0.05, 0) is 65.4 Å². The van der Waals surface area contributed by atoms with Crippen LogP contribution in [0.25, 0.3) is 0 Å². The molecular weight excluding hydrogens is 482 g/mol. The van der Waals surface area contributed by atoms with E-state index in [-0.39, 0.29) is 0 Å². The van der Waals surface area contributed by atoms with E-state index >= 15 is 0 Å². The van der Waals surface area contributed by atoms with Crippen molar-refractivity contribution in [2.24, 2.45) is 0 Å². The van der Waals surface area contributed by atoms with E-state index in [2.05, 4.69) is 41.3 Å². The topological polar surface area (TPSA) is 48.0 Å². The summed E-state index contributed by atoms with van der Waals surface area (Å²) < 4.78 is 30.8. The second-order valence-electron chi connectivity index (χ2n) is 9.44. The van der Waals surface area contributed by atoms with Crippen molar-refractivity contribution < 1.29 is 17.9 Å². The van der Waals surface area contributed by atoms with Gasteiger partial charge in [-0.1, -0.05) is 60.7 Å². The molecule has 4 aromatic rings. The largest absolute Gasteiger partial charge is 0.493 e. The van der Waals surface area contributed by atoms with E-state index in [0.717, 1.165) is 42.8 Å². The molecule has 0 saturated heterocycles. The van der Waals surface area contributed by atoms with Crippen LogP contribution in [0.2, 0.25) is 0 Å². The zero-order chi connectivity index (χ0) is 25.2. The Kier molecular flexibility index (Phi) is 6.68. The average Bonchev–Trinajstić information content (AvgIpc) is 2.96. The van der Waals surface area contributed by atoms with Crippen molar-refractivity contribution in [3.63, 3.8) is 0 Å². The van der Waals surface area contributed by atoms with Gasteiger partial charge in [0.2, 0.25) is 11.1 Å². The molecule has 0 N–H and O–H groups in total. The quantitative estimate of drug-likeness (QED) is 0.303. The summed E-state index contributed by atoms with van der Waals surface area (Å²) in [6.45, 7) is 2.24. The standard InChI is InChI=1S/C31H29NO4S/c1-34-30-15-12-23-19-29-27-14-13-25(35-21-22-8-4-2-5-9-22)18-24(27)16-17-32(29)20-28(23)31(30)36-37(33)26-10-6-3-7-11-26/h2-15,18,29H,16-17,19-21H2,1H3. The summed E-state index contributed by atoms with van der Waals surface area (Å²) in [6, 6.07) is 30.4. The number of nitrogens with zero attached hydrogens (tertiary/aromatic N) is 1. The molecule has 188 valence electrons. The minimum Gasteiger partial charge on any atom is -0.493 e. The molecule has 5 nitrogen and oxygen atoms in total. The summed E-state index contributed by atoms with van der Waals surface area (Å²) >= 11 is -1.62. The lowest BCUT2D eigenvalue weighted by Gasteiger charge is -2.42. The molecule has 0 saturated carbocycles. The van der Waals surface area contributed by atoms with Crippen LogP contribution in [0, 0.1) is 0 Å². The predicted molar refractivity (Wildman–Crippen MR) is 144 cm³/mol. The van der Waals surface area contributed by atoms with Gasteiger partial charge in [-0.2, -0.15) is 0 Å². The monoisotopic (exact) mass is 511 g/mol. The first-order valence-electron chi connectivity index (χ1n) is 12.6. The number of fused-ring (bicyclic) bond motifs is 4. The van der Waals surface area contributed by atoms with Gasteiger partial charge in [0, 0.05) is 24.7 Å². The van der Waals surface area contributed by atoms with Crippen LogP contribution in [0.15, 0.2) is 95.9 Å². The molecule has 0 bridgehead atoms. The Balaban J connectivity index is 1.24. The first-order valence-corrected chi connectivity index (χ1v) is 13.6. The predicted octanol–water partition coefficient (Wildman–Crippen LogP) is 6.03. The highest BCUT2D eigenvalue weighted by Gasteiger charge is 2.34. The van der Waals surface area contributed by atoms with E-state index in [1.165, 1.54) is 16.7 Å². The number of hydrogen-bond acceptors (Lipinski definition) is 5. The molecule has 0 fully saturated rings. The molecule has 0 radical (unpaired) electrons. The third-order valence-electron chi connectivity index (χ3n) is 7.24. The van der Waals surface area contributed by atoms with E-state index < -0.39 is 11.1 Å². The molecule has 2 aliphatic rings. The van der Waals surface area contributed by atoms with Gasteiger partial charge in [0.25, 0.3) is 0 Å². The van der Waals surface area contributed by atoms with E-state index in [0.29, 0.717) is 29.0 Å². The van der Waals surface area contributed by atoms with Crippen LogP contribution in [0.3, 0.4) is 0 Å². The normalized spacial score (nSPS) is 17.2. The van der Waals surface area contributed by atoms with Gasteiger partial charge >= 0.3 is 0 Å². The van der Waals surface area contributed by atoms with Gasteiger partial charge in [0.15, 0.2) is 11.5 Å². The van der Waals surface area contributed by atoms with E-state index in [9.17, 15) is 4.21 Å². The Labute approximate surface area is 220 Å². The Morgan fingerprint density at radius 2 is 1.70 bits per heavy atom. The molecule has 4 aromatic carbocycles. The maximum atomic E-state index is 13.0. The SMILES string of the molecule is COc1ccc2c(c1OS(=O)c1ccccc1)CN1CCc3cc(OCc4ccccc4)ccc3C1C2. The molecule has 37 heavy (non-hydrogen) atoms. The number of hydrogen-bond donors (Lipinski definition) is 0. The molecule has 2 aliphatic heterocycles. The fraction of sp³-hybridized carbons (Fsp3) is 0.226. The summed E-state index contributed by atoms with van der Waals surface area (Å²) in [7, 11) is 1.63. The Hall–Kier alpha value is -3.61. The Bertz CT molecular complexity index is 1420. The summed E-state index contributed by atoms with van der Waals surface area (Å²) in [4.78, 5) is 3.13. The fourth-order valence-corrected chi connectivity index (χ4v) is 6.14. The van der Waals surface area contributed by atoms with Crippen molar-refractivity contribution >= 4 is 11.1 Å². The second-order valence-corrected chi connectivity index (χ2v) is 10.5. The molecule has 6 rings (SSSR count). The van der Waals surface area contributed by atoms with Crippen molar-refractivity contribution in [2.75, 3.05) is 13.7 Å². The first-order chi connectivity index (χ1) is 18.2. The highest BCUT2D eigenvalue weighted by molar-refractivity contribution is 7.80. The second kappa shape index (κ2) is 10.4. The summed E-state index contributed by atoms with van der Waals surface area (Å²) in [5.41, 5.74) is 6.14. The lowest BCUT2D eigenvalue weighted by Crippen LogP contribution is -2.39. The van der Waals surface area contributed by atoms with Crippen LogP contribution in [0.4, 0.5) is 0 Å². The van der Waals surface area contributed by atoms with Gasteiger partial charge in [-0.15, -0.1) is 0 Å². The van der Waals surface area contributed by atoms with Crippen LogP contribution in [-0.2, 0) is 37.1 Å². The van der Waals surface area contributed by atoms with Crippen LogP contribution in [0.1, 0.15) is 33.9 Å². The molecule has 0 aromatic heterocycles. The number of methoxy groups -OCH3 is 1. The summed E-state index contributed by atoms with van der Waals surface area (Å²) in [5.74, 6) is 2.10. The van der Waals surface area contributed by atoms with Crippen molar-refractivity contribution in [2.45, 2.75) is 36.9 Å². The van der Waals surface area contributed by atoms with Gasteiger partial charge in [-0.3, -0.25) is 4.90 Å². The van der Waals surface area contributed by atoms with Gasteiger partial charge in [0.1, 0.15) is 12.4 Å². The Morgan fingerprint density at radius 3 is 2.49 bits per heavy atom. The molecule has 2 unspecified atom stereocenters. The van der Waals surface area contributed by atoms with Crippen molar-refractivity contribution in [1.82, 2.24) is 4.90 Å². The van der Waals surface area contributed by atoms with Gasteiger partial charge < -0.3 is 13.7 Å². The maximum Gasteiger partial charge on any atom is 0.240 e. The average molecular weight is 512 g/mol. The number of ether oxygens (including phenoxy) is 2. The Morgan fingerprint density at radius 1 is 0.919 bits per heavy atom. The third kappa shape index (κ3) is 4.87. The van der Waals surface area contributed by atoms with Crippen molar-refractivity contribution in [1.29, 1.82) is 0 Å². The molecule has 0 amide bonds. The summed E-state index contributed by atoms with van der Waals surface area (Å²) in [5, 5.41) is 0. The highest BCUT2D eigenvalue weighted by atomic mass is 32.2. The van der Waals surface area contributed by atoms with Gasteiger partial charge in [0.05, 0.1) is 12.0 Å². The van der Waals surface area contributed by atoms with Crippen molar-refractivity contribution in [3.05, 3.63) is 119 Å². The first kappa shape index (κ1) is 23.8. The molecule has 0 aliphatic carbocycles. The number of rotatable bonds is 7. The van der Waals surface area contributed by atoms with E-state index in [4.69, 9.17) is 13.7 Å². The fourth-order valence-electron chi connectivity index (χ4n) is 5.33. The molecule has 6 heteroatoms. The van der Waals surface area contributed by atoms with Crippen LogP contribution < -0.4 is 13.7 Å². The minimum atomic E-state index is -1.62. The molecule has 2 heterocycles. The van der Waals surface area contributed by atoms with Crippen LogP contribution >= 0.6 is 0 Å². The lowest BCUT2D eigenvalue weighted by molar-refractivity contribution is 0.159.